The Morgan fingerprint density at radius 2 is 1.74 bits per heavy atom. The summed E-state index contributed by atoms with van der Waals surface area (Å²) in [5.41, 5.74) is 8.73. The van der Waals surface area contributed by atoms with Crippen molar-refractivity contribution in [3.8, 4) is 33.8 Å². The van der Waals surface area contributed by atoms with E-state index >= 15 is 0 Å². The number of aromatic amines is 2. The fraction of sp³-hybridized carbons (Fsp3) is 0.111. The average Bonchev–Trinajstić information content (AvgIpc) is 3.51. The second-order valence-electron chi connectivity index (χ2n) is 8.37. The molecule has 0 unspecified atom stereocenters. The van der Waals surface area contributed by atoms with Gasteiger partial charge in [-0.3, -0.25) is 15.1 Å². The summed E-state index contributed by atoms with van der Waals surface area (Å²) in [6, 6.07) is 14.5. The maximum absolute atomic E-state index is 13.4. The zero-order valence-corrected chi connectivity index (χ0v) is 19.0. The lowest BCUT2D eigenvalue weighted by atomic mass is 10.0. The minimum atomic E-state index is -0.268. The Balaban J connectivity index is 1.43. The molecule has 0 amide bonds. The number of hydrogen-bond donors (Lipinski definition) is 3. The van der Waals surface area contributed by atoms with E-state index in [9.17, 15) is 4.39 Å². The third-order valence-electron chi connectivity index (χ3n) is 6.03. The lowest BCUT2D eigenvalue weighted by Gasteiger charge is -2.05. The van der Waals surface area contributed by atoms with E-state index in [1.54, 1.807) is 24.5 Å². The third-order valence-corrected chi connectivity index (χ3v) is 6.03. The van der Waals surface area contributed by atoms with Gasteiger partial charge in [-0.2, -0.15) is 5.10 Å². The minimum Gasteiger partial charge on any atom is -0.352 e. The van der Waals surface area contributed by atoms with Gasteiger partial charge in [0.25, 0.3) is 0 Å². The van der Waals surface area contributed by atoms with E-state index in [1.807, 2.05) is 30.6 Å². The Morgan fingerprint density at radius 1 is 0.886 bits per heavy atom. The Hall–Kier alpha value is -4.43. The third kappa shape index (κ3) is 3.94. The van der Waals surface area contributed by atoms with Crippen LogP contribution in [0.3, 0.4) is 0 Å². The van der Waals surface area contributed by atoms with Gasteiger partial charge in [-0.05, 0) is 54.1 Å². The van der Waals surface area contributed by atoms with E-state index < -0.39 is 0 Å². The van der Waals surface area contributed by atoms with Crippen molar-refractivity contribution < 1.29 is 4.39 Å². The van der Waals surface area contributed by atoms with Crippen molar-refractivity contribution in [2.45, 2.75) is 13.5 Å². The number of pyridine rings is 3. The van der Waals surface area contributed by atoms with Gasteiger partial charge < -0.3 is 10.3 Å². The predicted octanol–water partition coefficient (Wildman–Crippen LogP) is 5.48. The second kappa shape index (κ2) is 8.73. The SMILES string of the molecule is CCNCc1cncc(-c2ccc3[nH]nc(-c4cc5c(-c6ccc(F)cc6)cncc5[nH]4)c3n2)c1. The van der Waals surface area contributed by atoms with Gasteiger partial charge in [-0.1, -0.05) is 19.1 Å². The largest absolute Gasteiger partial charge is 0.352 e. The van der Waals surface area contributed by atoms with Crippen LogP contribution in [-0.4, -0.2) is 36.7 Å². The maximum atomic E-state index is 13.4. The van der Waals surface area contributed by atoms with Gasteiger partial charge in [0, 0.05) is 41.6 Å². The highest BCUT2D eigenvalue weighted by Gasteiger charge is 2.16. The van der Waals surface area contributed by atoms with Crippen LogP contribution in [0.25, 0.3) is 55.7 Å². The van der Waals surface area contributed by atoms with E-state index in [2.05, 4.69) is 43.5 Å². The summed E-state index contributed by atoms with van der Waals surface area (Å²) < 4.78 is 13.4. The standard InChI is InChI=1S/C27H22FN7/c1-2-29-11-16-9-18(13-30-12-16)22-7-8-23-26(33-22)27(35-34-23)24-10-20-21(14-31-15-25(20)32-24)17-3-5-19(28)6-4-17/h3-10,12-15,29,32H,2,11H2,1H3,(H,34,35). The van der Waals surface area contributed by atoms with Crippen LogP contribution in [-0.2, 0) is 6.54 Å². The fourth-order valence-corrected chi connectivity index (χ4v) is 4.28. The molecule has 172 valence electrons. The van der Waals surface area contributed by atoms with E-state index in [0.717, 1.165) is 74.4 Å². The Morgan fingerprint density at radius 3 is 2.60 bits per heavy atom. The number of hydrogen-bond acceptors (Lipinski definition) is 5. The molecule has 0 bridgehead atoms. The van der Waals surface area contributed by atoms with Crippen molar-refractivity contribution in [1.82, 2.24) is 35.5 Å². The lowest BCUT2D eigenvalue weighted by molar-refractivity contribution is 0.628. The first-order valence-electron chi connectivity index (χ1n) is 11.4. The number of aromatic nitrogens is 6. The summed E-state index contributed by atoms with van der Waals surface area (Å²) >= 11 is 0. The number of fused-ring (bicyclic) bond motifs is 2. The van der Waals surface area contributed by atoms with Crippen LogP contribution in [0.15, 0.2) is 73.3 Å². The summed E-state index contributed by atoms with van der Waals surface area (Å²) in [5, 5.41) is 11.9. The molecule has 35 heavy (non-hydrogen) atoms. The maximum Gasteiger partial charge on any atom is 0.135 e. The topological polar surface area (TPSA) is 95.2 Å². The summed E-state index contributed by atoms with van der Waals surface area (Å²) in [7, 11) is 0. The Kier molecular flexibility index (Phi) is 5.27. The van der Waals surface area contributed by atoms with Crippen LogP contribution in [0.1, 0.15) is 12.5 Å². The van der Waals surface area contributed by atoms with E-state index in [0.29, 0.717) is 0 Å². The summed E-state index contributed by atoms with van der Waals surface area (Å²) in [6.07, 6.45) is 7.26. The molecule has 8 heteroatoms. The summed E-state index contributed by atoms with van der Waals surface area (Å²) in [6.45, 7) is 3.74. The molecule has 0 spiro atoms. The van der Waals surface area contributed by atoms with Gasteiger partial charge in [-0.15, -0.1) is 0 Å². The zero-order valence-electron chi connectivity index (χ0n) is 19.0. The van der Waals surface area contributed by atoms with Crippen LogP contribution >= 0.6 is 0 Å². The number of benzene rings is 1. The fourth-order valence-electron chi connectivity index (χ4n) is 4.28. The first-order valence-corrected chi connectivity index (χ1v) is 11.4. The molecule has 0 aliphatic carbocycles. The highest BCUT2D eigenvalue weighted by Crippen LogP contribution is 2.33. The molecule has 0 saturated carbocycles. The predicted molar refractivity (Wildman–Crippen MR) is 135 cm³/mol. The van der Waals surface area contributed by atoms with Gasteiger partial charge in [0.15, 0.2) is 0 Å². The van der Waals surface area contributed by atoms with Gasteiger partial charge >= 0.3 is 0 Å². The molecule has 0 aliphatic rings. The van der Waals surface area contributed by atoms with E-state index in [1.165, 1.54) is 12.1 Å². The molecule has 0 saturated heterocycles. The molecular formula is C27H22FN7. The summed E-state index contributed by atoms with van der Waals surface area (Å²) in [4.78, 5) is 17.1. The highest BCUT2D eigenvalue weighted by atomic mass is 19.1. The first kappa shape index (κ1) is 21.1. The molecule has 0 fully saturated rings. The van der Waals surface area contributed by atoms with Crippen LogP contribution in [0, 0.1) is 5.82 Å². The number of nitrogens with zero attached hydrogens (tertiary/aromatic N) is 4. The summed E-state index contributed by atoms with van der Waals surface area (Å²) in [5.74, 6) is -0.268. The zero-order chi connectivity index (χ0) is 23.8. The van der Waals surface area contributed by atoms with Crippen molar-refractivity contribution >= 4 is 21.9 Å². The quantitative estimate of drug-likeness (QED) is 0.304. The molecule has 1 aromatic carbocycles. The molecule has 6 aromatic rings. The first-order chi connectivity index (χ1) is 17.2. The van der Waals surface area contributed by atoms with Gasteiger partial charge in [0.05, 0.1) is 28.6 Å². The highest BCUT2D eigenvalue weighted by molar-refractivity contribution is 5.99. The molecule has 5 heterocycles. The molecule has 6 rings (SSSR count). The monoisotopic (exact) mass is 463 g/mol. The Bertz CT molecular complexity index is 1650. The number of rotatable bonds is 6. The van der Waals surface area contributed by atoms with Crippen LogP contribution in [0.4, 0.5) is 4.39 Å². The van der Waals surface area contributed by atoms with Crippen molar-refractivity contribution in [3.05, 3.63) is 84.7 Å². The van der Waals surface area contributed by atoms with E-state index in [-0.39, 0.29) is 5.82 Å². The van der Waals surface area contributed by atoms with Crippen LogP contribution < -0.4 is 5.32 Å². The van der Waals surface area contributed by atoms with Gasteiger partial charge in [-0.25, -0.2) is 9.37 Å². The molecular weight excluding hydrogens is 441 g/mol. The number of halogens is 1. The van der Waals surface area contributed by atoms with Crippen LogP contribution in [0.2, 0.25) is 0 Å². The normalized spacial score (nSPS) is 11.5. The smallest absolute Gasteiger partial charge is 0.135 e. The van der Waals surface area contributed by atoms with Gasteiger partial charge in [0.2, 0.25) is 0 Å². The minimum absolute atomic E-state index is 0.268. The van der Waals surface area contributed by atoms with Gasteiger partial charge in [0.1, 0.15) is 17.0 Å². The molecule has 0 atom stereocenters. The number of H-pyrrole nitrogens is 2. The molecule has 0 aliphatic heterocycles. The van der Waals surface area contributed by atoms with E-state index in [4.69, 9.17) is 4.98 Å². The molecule has 5 aromatic heterocycles. The Labute approximate surface area is 200 Å². The average molecular weight is 464 g/mol. The second-order valence-corrected chi connectivity index (χ2v) is 8.37. The van der Waals surface area contributed by atoms with Crippen LogP contribution in [0.5, 0.6) is 0 Å². The molecule has 0 radical (unpaired) electrons. The van der Waals surface area contributed by atoms with Crippen molar-refractivity contribution in [2.75, 3.05) is 6.54 Å². The van der Waals surface area contributed by atoms with Crippen molar-refractivity contribution in [1.29, 1.82) is 0 Å². The molecule has 3 N–H and O–H groups in total. The lowest BCUT2D eigenvalue weighted by Crippen LogP contribution is -2.11. The van der Waals surface area contributed by atoms with Crippen molar-refractivity contribution in [3.63, 3.8) is 0 Å². The van der Waals surface area contributed by atoms with Crippen molar-refractivity contribution in [2.24, 2.45) is 0 Å². The number of nitrogens with one attached hydrogen (secondary N) is 3. The molecule has 7 nitrogen and oxygen atoms in total.